The van der Waals surface area contributed by atoms with Crippen molar-refractivity contribution in [2.24, 2.45) is 22.7 Å². The first-order chi connectivity index (χ1) is 12.0. The molecule has 0 aromatic rings. The molecular weight excluding hydrogens is 336 g/mol. The average molecular weight is 364 g/mol. The number of carbonyl (C=O) groups is 1. The van der Waals surface area contributed by atoms with Crippen molar-refractivity contribution in [2.45, 2.75) is 76.2 Å². The Bertz CT molecular complexity index is 747. The summed E-state index contributed by atoms with van der Waals surface area (Å²) in [7, 11) is 0. The molecule has 0 aromatic heterocycles. The summed E-state index contributed by atoms with van der Waals surface area (Å²) in [6, 6.07) is 0. The minimum absolute atomic E-state index is 0.0186. The minimum atomic E-state index is -1.55. The van der Waals surface area contributed by atoms with Gasteiger partial charge in [-0.25, -0.2) is 0 Å². The van der Waals surface area contributed by atoms with E-state index in [1.807, 2.05) is 27.7 Å². The summed E-state index contributed by atoms with van der Waals surface area (Å²) < 4.78 is 11.8. The topological polar surface area (TPSA) is 99.5 Å². The van der Waals surface area contributed by atoms with E-state index in [9.17, 15) is 20.1 Å². The lowest BCUT2D eigenvalue weighted by Gasteiger charge is -2.63. The van der Waals surface area contributed by atoms with Crippen LogP contribution in [-0.4, -0.2) is 56.9 Å². The SMILES string of the molecule is CC(C)C1=CC(=O)C2(C)CCC3(C)C(CC4OC3(O)C3OC43CO)C12O. The number of hydrogen-bond acceptors (Lipinski definition) is 6. The van der Waals surface area contributed by atoms with E-state index in [4.69, 9.17) is 9.47 Å². The second-order valence-electron chi connectivity index (χ2n) is 9.84. The standard InChI is InChI=1S/C20H28O6/c1-10(2)11-7-13(22)17(4)6-5-16(3)12(19(11,17)23)8-14-18(9-21)15(26-18)20(16,24)25-14/h7,10,12,14-15,21,23-24H,5-6,8-9H2,1-4H3. The molecule has 1 saturated carbocycles. The Kier molecular flexibility index (Phi) is 2.96. The van der Waals surface area contributed by atoms with Crippen LogP contribution in [0.2, 0.25) is 0 Å². The highest BCUT2D eigenvalue weighted by atomic mass is 16.8. The molecule has 5 aliphatic rings. The molecule has 6 nitrogen and oxygen atoms in total. The van der Waals surface area contributed by atoms with Gasteiger partial charge in [0.25, 0.3) is 0 Å². The van der Waals surface area contributed by atoms with E-state index >= 15 is 0 Å². The number of hydrogen-bond donors (Lipinski definition) is 3. The van der Waals surface area contributed by atoms with Gasteiger partial charge in [0.15, 0.2) is 5.78 Å². The van der Waals surface area contributed by atoms with E-state index in [2.05, 4.69) is 0 Å². The third-order valence-corrected chi connectivity index (χ3v) is 8.61. The van der Waals surface area contributed by atoms with Crippen LogP contribution in [0.5, 0.6) is 0 Å². The van der Waals surface area contributed by atoms with Crippen LogP contribution in [0.15, 0.2) is 11.6 Å². The monoisotopic (exact) mass is 364 g/mol. The first-order valence-corrected chi connectivity index (χ1v) is 9.69. The third-order valence-electron chi connectivity index (χ3n) is 8.61. The van der Waals surface area contributed by atoms with Crippen LogP contribution < -0.4 is 0 Å². The van der Waals surface area contributed by atoms with Crippen molar-refractivity contribution in [3.63, 3.8) is 0 Å². The molecule has 3 aliphatic heterocycles. The molecule has 8 atom stereocenters. The van der Waals surface area contributed by atoms with Gasteiger partial charge in [0.1, 0.15) is 17.3 Å². The van der Waals surface area contributed by atoms with Gasteiger partial charge in [-0.2, -0.15) is 0 Å². The number of ether oxygens (including phenoxy) is 2. The summed E-state index contributed by atoms with van der Waals surface area (Å²) >= 11 is 0. The Morgan fingerprint density at radius 1 is 1.23 bits per heavy atom. The van der Waals surface area contributed by atoms with Crippen molar-refractivity contribution in [3.05, 3.63) is 11.6 Å². The molecule has 0 spiro atoms. The molecule has 0 radical (unpaired) electrons. The average Bonchev–Trinajstić information content (AvgIpc) is 3.25. The van der Waals surface area contributed by atoms with Gasteiger partial charge in [0, 0.05) is 11.3 Å². The van der Waals surface area contributed by atoms with Gasteiger partial charge in [-0.15, -0.1) is 0 Å². The molecule has 4 fully saturated rings. The van der Waals surface area contributed by atoms with Gasteiger partial charge in [0.2, 0.25) is 5.79 Å². The summed E-state index contributed by atoms with van der Waals surface area (Å²) in [6.45, 7) is 7.58. The smallest absolute Gasteiger partial charge is 0.201 e. The van der Waals surface area contributed by atoms with Crippen molar-refractivity contribution in [1.29, 1.82) is 0 Å². The van der Waals surface area contributed by atoms with Crippen molar-refractivity contribution in [3.8, 4) is 0 Å². The maximum Gasteiger partial charge on any atom is 0.201 e. The number of epoxide rings is 1. The van der Waals surface area contributed by atoms with Crippen LogP contribution in [-0.2, 0) is 14.3 Å². The molecular formula is C20H28O6. The lowest BCUT2D eigenvalue weighted by Crippen LogP contribution is -2.70. The predicted molar refractivity (Wildman–Crippen MR) is 90.9 cm³/mol. The Hall–Kier alpha value is -0.790. The van der Waals surface area contributed by atoms with E-state index in [0.717, 1.165) is 5.57 Å². The van der Waals surface area contributed by atoms with E-state index in [0.29, 0.717) is 19.3 Å². The summed E-state index contributed by atoms with van der Waals surface area (Å²) in [4.78, 5) is 12.9. The molecule has 0 amide bonds. The van der Waals surface area contributed by atoms with Crippen LogP contribution in [0.25, 0.3) is 0 Å². The number of fused-ring (bicyclic) bond motifs is 9. The number of allylic oxidation sites excluding steroid dienone is 1. The van der Waals surface area contributed by atoms with Crippen molar-refractivity contribution in [2.75, 3.05) is 6.61 Å². The van der Waals surface area contributed by atoms with Crippen LogP contribution >= 0.6 is 0 Å². The summed E-state index contributed by atoms with van der Waals surface area (Å²) in [6.07, 6.45) is 2.09. The number of ketones is 1. The van der Waals surface area contributed by atoms with Gasteiger partial charge < -0.3 is 24.8 Å². The fourth-order valence-electron chi connectivity index (χ4n) is 6.76. The molecule has 3 heterocycles. The Balaban J connectivity index is 1.68. The first-order valence-electron chi connectivity index (χ1n) is 9.69. The number of rotatable bonds is 2. The highest BCUT2D eigenvalue weighted by Gasteiger charge is 2.87. The fraction of sp³-hybridized carbons (Fsp3) is 0.850. The minimum Gasteiger partial charge on any atom is -0.393 e. The lowest BCUT2D eigenvalue weighted by molar-refractivity contribution is -0.362. The number of aliphatic hydroxyl groups is 3. The normalized spacial score (nSPS) is 59.8. The largest absolute Gasteiger partial charge is 0.393 e. The van der Waals surface area contributed by atoms with Gasteiger partial charge in [0.05, 0.1) is 18.1 Å². The van der Waals surface area contributed by atoms with E-state index in [1.54, 1.807) is 6.08 Å². The van der Waals surface area contributed by atoms with Crippen LogP contribution in [0.4, 0.5) is 0 Å². The third kappa shape index (κ3) is 1.44. The predicted octanol–water partition coefficient (Wildman–Crippen LogP) is 0.926. The first kappa shape index (κ1) is 17.3. The Morgan fingerprint density at radius 3 is 2.54 bits per heavy atom. The number of carbonyl (C=O) groups excluding carboxylic acids is 1. The number of aliphatic hydroxyl groups excluding tert-OH is 1. The second-order valence-corrected chi connectivity index (χ2v) is 9.84. The van der Waals surface area contributed by atoms with Crippen LogP contribution in [0.1, 0.15) is 47.0 Å². The van der Waals surface area contributed by atoms with Crippen molar-refractivity contribution < 1.29 is 29.6 Å². The maximum absolute atomic E-state index is 12.9. The van der Waals surface area contributed by atoms with Gasteiger partial charge >= 0.3 is 0 Å². The molecule has 26 heavy (non-hydrogen) atoms. The molecule has 3 N–H and O–H groups in total. The van der Waals surface area contributed by atoms with Crippen molar-refractivity contribution in [1.82, 2.24) is 0 Å². The molecule has 6 heteroatoms. The zero-order valence-corrected chi connectivity index (χ0v) is 15.8. The maximum atomic E-state index is 12.9. The molecule has 144 valence electrons. The van der Waals surface area contributed by atoms with Gasteiger partial charge in [-0.3, -0.25) is 4.79 Å². The molecule has 0 aromatic carbocycles. The Morgan fingerprint density at radius 2 is 1.92 bits per heavy atom. The summed E-state index contributed by atoms with van der Waals surface area (Å²) in [5.74, 6) is -1.87. The van der Waals surface area contributed by atoms with E-state index < -0.39 is 40.0 Å². The quantitative estimate of drug-likeness (QED) is 0.631. The molecule has 2 aliphatic carbocycles. The molecule has 8 unspecified atom stereocenters. The second kappa shape index (κ2) is 4.44. The Labute approximate surface area is 153 Å². The van der Waals surface area contributed by atoms with Gasteiger partial charge in [-0.05, 0) is 43.8 Å². The fourth-order valence-corrected chi connectivity index (χ4v) is 6.76. The zero-order valence-electron chi connectivity index (χ0n) is 15.8. The molecule has 3 saturated heterocycles. The van der Waals surface area contributed by atoms with Gasteiger partial charge in [-0.1, -0.05) is 20.8 Å². The van der Waals surface area contributed by atoms with Crippen LogP contribution in [0, 0.1) is 22.7 Å². The lowest BCUT2D eigenvalue weighted by atomic mass is 9.46. The van der Waals surface area contributed by atoms with E-state index in [-0.39, 0.29) is 24.2 Å². The summed E-state index contributed by atoms with van der Waals surface area (Å²) in [5, 5.41) is 33.5. The van der Waals surface area contributed by atoms with Crippen molar-refractivity contribution >= 4 is 5.78 Å². The highest BCUT2D eigenvalue weighted by Crippen LogP contribution is 2.74. The highest BCUT2D eigenvalue weighted by molar-refractivity contribution is 6.00. The zero-order chi connectivity index (χ0) is 18.9. The van der Waals surface area contributed by atoms with E-state index in [1.165, 1.54) is 0 Å². The summed E-state index contributed by atoms with van der Waals surface area (Å²) in [5.41, 5.74) is -3.05. The molecule has 5 rings (SSSR count). The molecule has 2 bridgehead atoms. The van der Waals surface area contributed by atoms with Crippen LogP contribution in [0.3, 0.4) is 0 Å².